The number of halogens is 1. The van der Waals surface area contributed by atoms with Crippen LogP contribution in [0, 0.1) is 0 Å². The molecule has 7 heteroatoms. The molecular formula is C13H16ClN3O3. The highest BCUT2D eigenvalue weighted by Gasteiger charge is 2.11. The van der Waals surface area contributed by atoms with E-state index < -0.39 is 0 Å². The van der Waals surface area contributed by atoms with Crippen LogP contribution < -0.4 is 5.73 Å². The van der Waals surface area contributed by atoms with Gasteiger partial charge in [0.05, 0.1) is 25.4 Å². The van der Waals surface area contributed by atoms with Crippen LogP contribution in [0.5, 0.6) is 0 Å². The van der Waals surface area contributed by atoms with Crippen LogP contribution in [0.3, 0.4) is 0 Å². The molecule has 0 fully saturated rings. The minimum atomic E-state index is 0.381. The Morgan fingerprint density at radius 1 is 1.30 bits per heavy atom. The second-order valence-electron chi connectivity index (χ2n) is 4.10. The lowest BCUT2D eigenvalue weighted by molar-refractivity contribution is 0.0714. The summed E-state index contributed by atoms with van der Waals surface area (Å²) < 4.78 is 15.4. The van der Waals surface area contributed by atoms with Gasteiger partial charge in [-0.15, -0.1) is 0 Å². The van der Waals surface area contributed by atoms with E-state index >= 15 is 0 Å². The predicted octanol–water partition coefficient (Wildman–Crippen LogP) is 2.18. The third-order valence-corrected chi connectivity index (χ3v) is 2.85. The maximum Gasteiger partial charge on any atom is 0.260 e. The molecule has 2 rings (SSSR count). The van der Waals surface area contributed by atoms with Crippen LogP contribution in [-0.2, 0) is 15.9 Å². The van der Waals surface area contributed by atoms with Crippen LogP contribution in [0.15, 0.2) is 22.7 Å². The highest BCUT2D eigenvalue weighted by atomic mass is 35.5. The molecule has 1 aromatic heterocycles. The van der Waals surface area contributed by atoms with E-state index in [1.54, 1.807) is 25.3 Å². The van der Waals surface area contributed by atoms with Crippen LogP contribution in [0.2, 0.25) is 5.02 Å². The Balaban J connectivity index is 1.95. The van der Waals surface area contributed by atoms with E-state index in [1.807, 2.05) is 0 Å². The Hall–Kier alpha value is -1.63. The smallest absolute Gasteiger partial charge is 0.260 e. The number of hydrogen-bond acceptors (Lipinski definition) is 6. The van der Waals surface area contributed by atoms with E-state index in [-0.39, 0.29) is 0 Å². The van der Waals surface area contributed by atoms with Gasteiger partial charge in [-0.3, -0.25) is 0 Å². The van der Waals surface area contributed by atoms with E-state index in [0.29, 0.717) is 54.2 Å². The largest absolute Gasteiger partial charge is 0.398 e. The first kappa shape index (κ1) is 14.8. The summed E-state index contributed by atoms with van der Waals surface area (Å²) in [6.07, 6.45) is 0.570. The molecule has 0 amide bonds. The number of nitrogens with zero attached hydrogens (tertiary/aromatic N) is 2. The van der Waals surface area contributed by atoms with Crippen molar-refractivity contribution < 1.29 is 14.0 Å². The monoisotopic (exact) mass is 297 g/mol. The number of nitrogens with two attached hydrogens (primary N) is 1. The molecule has 0 atom stereocenters. The van der Waals surface area contributed by atoms with Gasteiger partial charge in [-0.2, -0.15) is 4.98 Å². The van der Waals surface area contributed by atoms with Crippen molar-refractivity contribution in [2.75, 3.05) is 32.7 Å². The first-order chi connectivity index (χ1) is 9.70. The molecule has 1 aromatic carbocycles. The minimum Gasteiger partial charge on any atom is -0.398 e. The highest BCUT2D eigenvalue weighted by Crippen LogP contribution is 2.27. The average Bonchev–Trinajstić information content (AvgIpc) is 2.87. The summed E-state index contributed by atoms with van der Waals surface area (Å²) in [7, 11) is 1.63. The van der Waals surface area contributed by atoms with Gasteiger partial charge in [0.15, 0.2) is 5.82 Å². The van der Waals surface area contributed by atoms with Gasteiger partial charge in [0, 0.05) is 24.2 Å². The third-order valence-electron chi connectivity index (χ3n) is 2.61. The lowest BCUT2D eigenvalue weighted by atomic mass is 10.2. The van der Waals surface area contributed by atoms with Crippen molar-refractivity contribution in [3.05, 3.63) is 29.0 Å². The summed E-state index contributed by atoms with van der Waals surface area (Å²) in [5.41, 5.74) is 7.05. The summed E-state index contributed by atoms with van der Waals surface area (Å²) in [6, 6.07) is 5.13. The molecule has 0 saturated heterocycles. The summed E-state index contributed by atoms with van der Waals surface area (Å²) in [4.78, 5) is 4.28. The lowest BCUT2D eigenvalue weighted by Gasteiger charge is -2.00. The van der Waals surface area contributed by atoms with Crippen LogP contribution in [0.25, 0.3) is 11.5 Å². The number of benzene rings is 1. The van der Waals surface area contributed by atoms with Gasteiger partial charge in [0.1, 0.15) is 0 Å². The number of ether oxygens (including phenoxy) is 2. The fourth-order valence-electron chi connectivity index (χ4n) is 1.60. The van der Waals surface area contributed by atoms with Crippen molar-refractivity contribution >= 4 is 17.3 Å². The van der Waals surface area contributed by atoms with Gasteiger partial charge in [-0.05, 0) is 18.2 Å². The highest BCUT2D eigenvalue weighted by molar-refractivity contribution is 6.31. The molecule has 1 heterocycles. The van der Waals surface area contributed by atoms with Gasteiger partial charge < -0.3 is 19.7 Å². The maximum absolute atomic E-state index is 5.87. The third kappa shape index (κ3) is 3.93. The average molecular weight is 298 g/mol. The molecule has 2 aromatic rings. The Kier molecular flexibility index (Phi) is 5.34. The number of methoxy groups -OCH3 is 1. The molecule has 0 saturated carbocycles. The van der Waals surface area contributed by atoms with Crippen LogP contribution in [0.4, 0.5) is 5.69 Å². The van der Waals surface area contributed by atoms with Gasteiger partial charge in [0.25, 0.3) is 5.89 Å². The lowest BCUT2D eigenvalue weighted by Crippen LogP contribution is -2.05. The molecule has 20 heavy (non-hydrogen) atoms. The van der Waals surface area contributed by atoms with Crippen molar-refractivity contribution in [3.8, 4) is 11.5 Å². The van der Waals surface area contributed by atoms with Crippen molar-refractivity contribution in [2.24, 2.45) is 0 Å². The van der Waals surface area contributed by atoms with E-state index in [9.17, 15) is 0 Å². The van der Waals surface area contributed by atoms with Crippen LogP contribution in [0.1, 0.15) is 5.82 Å². The summed E-state index contributed by atoms with van der Waals surface area (Å²) in [5, 5.41) is 4.46. The number of nitrogen functional groups attached to an aromatic ring is 1. The maximum atomic E-state index is 5.87. The van der Waals surface area contributed by atoms with Gasteiger partial charge in [-0.1, -0.05) is 16.8 Å². The SMILES string of the molecule is COCCOCCc1noc(-c2ccc(Cl)cc2N)n1. The van der Waals surface area contributed by atoms with Gasteiger partial charge >= 0.3 is 0 Å². The number of aromatic nitrogens is 2. The summed E-state index contributed by atoms with van der Waals surface area (Å²) >= 11 is 5.85. The second-order valence-corrected chi connectivity index (χ2v) is 4.54. The fraction of sp³-hybridized carbons (Fsp3) is 0.385. The quantitative estimate of drug-likeness (QED) is 0.623. The fourth-order valence-corrected chi connectivity index (χ4v) is 1.78. The first-order valence-electron chi connectivity index (χ1n) is 6.15. The predicted molar refractivity (Wildman–Crippen MR) is 75.6 cm³/mol. The Bertz CT molecular complexity index is 560. The van der Waals surface area contributed by atoms with Crippen molar-refractivity contribution in [2.45, 2.75) is 6.42 Å². The zero-order valence-electron chi connectivity index (χ0n) is 11.1. The van der Waals surface area contributed by atoms with Crippen molar-refractivity contribution in [3.63, 3.8) is 0 Å². The molecule has 2 N–H and O–H groups in total. The molecular weight excluding hydrogens is 282 g/mol. The van der Waals surface area contributed by atoms with Crippen LogP contribution in [-0.4, -0.2) is 37.1 Å². The molecule has 6 nitrogen and oxygen atoms in total. The van der Waals surface area contributed by atoms with Crippen molar-refractivity contribution in [1.29, 1.82) is 0 Å². The van der Waals surface area contributed by atoms with Crippen molar-refractivity contribution in [1.82, 2.24) is 10.1 Å². The Morgan fingerprint density at radius 3 is 2.90 bits per heavy atom. The van der Waals surface area contributed by atoms with E-state index in [0.717, 1.165) is 0 Å². The molecule has 108 valence electrons. The molecule has 0 radical (unpaired) electrons. The van der Waals surface area contributed by atoms with E-state index in [4.69, 9.17) is 31.3 Å². The number of anilines is 1. The standard InChI is InChI=1S/C13H16ClN3O3/c1-18-6-7-19-5-4-12-16-13(20-17-12)10-3-2-9(14)8-11(10)15/h2-3,8H,4-7,15H2,1H3. The number of rotatable bonds is 7. The molecule has 0 spiro atoms. The molecule has 0 aliphatic carbocycles. The zero-order valence-corrected chi connectivity index (χ0v) is 11.9. The Labute approximate surface area is 121 Å². The van der Waals surface area contributed by atoms with E-state index in [2.05, 4.69) is 10.1 Å². The van der Waals surface area contributed by atoms with Gasteiger partial charge in [-0.25, -0.2) is 0 Å². The molecule has 0 bridgehead atoms. The summed E-state index contributed by atoms with van der Waals surface area (Å²) in [6.45, 7) is 1.63. The first-order valence-corrected chi connectivity index (χ1v) is 6.53. The topological polar surface area (TPSA) is 83.4 Å². The number of hydrogen-bond donors (Lipinski definition) is 1. The minimum absolute atomic E-state index is 0.381. The van der Waals surface area contributed by atoms with Crippen LogP contribution >= 0.6 is 11.6 Å². The van der Waals surface area contributed by atoms with Gasteiger partial charge in [0.2, 0.25) is 0 Å². The second kappa shape index (κ2) is 7.23. The zero-order chi connectivity index (χ0) is 14.4. The molecule has 0 unspecified atom stereocenters. The van der Waals surface area contributed by atoms with E-state index in [1.165, 1.54) is 0 Å². The summed E-state index contributed by atoms with van der Waals surface area (Å²) in [5.74, 6) is 0.956. The normalized spacial score (nSPS) is 10.9. The molecule has 0 aliphatic heterocycles. The molecule has 0 aliphatic rings. The Morgan fingerprint density at radius 2 is 2.15 bits per heavy atom.